The van der Waals surface area contributed by atoms with E-state index < -0.39 is 11.9 Å². The highest BCUT2D eigenvalue weighted by Crippen LogP contribution is 2.47. The Morgan fingerprint density at radius 3 is 2.16 bits per heavy atom. The lowest BCUT2D eigenvalue weighted by Gasteiger charge is -2.34. The van der Waals surface area contributed by atoms with Gasteiger partial charge in [0.2, 0.25) is 0 Å². The van der Waals surface area contributed by atoms with Crippen LogP contribution in [0, 0.1) is 11.8 Å². The Balaban J connectivity index is 2.13. The SMILES string of the molecule is C=C(C1C2CC[C@H](O2)C1C(=O)O)N(CCO)CCO. The minimum atomic E-state index is -0.855. The summed E-state index contributed by atoms with van der Waals surface area (Å²) in [4.78, 5) is 13.2. The van der Waals surface area contributed by atoms with Crippen LogP contribution in [0.25, 0.3) is 0 Å². The molecule has 4 atom stereocenters. The van der Waals surface area contributed by atoms with Gasteiger partial charge in [-0.2, -0.15) is 0 Å². The number of aliphatic hydroxyl groups is 2. The Kier molecular flexibility index (Phi) is 4.44. The topological polar surface area (TPSA) is 90.2 Å². The van der Waals surface area contributed by atoms with Gasteiger partial charge < -0.3 is 25.0 Å². The first-order valence-corrected chi connectivity index (χ1v) is 6.64. The number of rotatable bonds is 7. The number of carboxylic acids is 1. The third kappa shape index (κ3) is 2.61. The Bertz CT molecular complexity index is 353. The fraction of sp³-hybridized carbons (Fsp3) is 0.769. The molecular weight excluding hydrogens is 250 g/mol. The van der Waals surface area contributed by atoms with Gasteiger partial charge >= 0.3 is 5.97 Å². The molecule has 0 aliphatic carbocycles. The molecule has 0 amide bonds. The van der Waals surface area contributed by atoms with E-state index in [-0.39, 0.29) is 31.3 Å². The van der Waals surface area contributed by atoms with Crippen LogP contribution in [0.3, 0.4) is 0 Å². The van der Waals surface area contributed by atoms with E-state index in [0.717, 1.165) is 12.8 Å². The van der Waals surface area contributed by atoms with Crippen LogP contribution < -0.4 is 0 Å². The molecule has 2 aliphatic heterocycles. The van der Waals surface area contributed by atoms with Crippen molar-refractivity contribution in [2.24, 2.45) is 11.8 Å². The summed E-state index contributed by atoms with van der Waals surface area (Å²) in [5, 5.41) is 27.5. The number of aliphatic hydroxyl groups excluding tert-OH is 2. The Hall–Kier alpha value is -1.11. The molecule has 2 rings (SSSR count). The highest BCUT2D eigenvalue weighted by atomic mass is 16.5. The predicted octanol–water partition coefficient (Wildman–Crippen LogP) is -0.335. The van der Waals surface area contributed by atoms with Crippen molar-refractivity contribution in [2.45, 2.75) is 25.0 Å². The third-order valence-electron chi connectivity index (χ3n) is 4.09. The van der Waals surface area contributed by atoms with Gasteiger partial charge in [-0.25, -0.2) is 0 Å². The molecule has 2 fully saturated rings. The van der Waals surface area contributed by atoms with Crippen LogP contribution in [0.5, 0.6) is 0 Å². The van der Waals surface area contributed by atoms with Crippen molar-refractivity contribution in [3.05, 3.63) is 12.3 Å². The lowest BCUT2D eigenvalue weighted by atomic mass is 9.77. The van der Waals surface area contributed by atoms with Gasteiger partial charge in [0.05, 0.1) is 31.3 Å². The minimum absolute atomic E-state index is 0.0571. The van der Waals surface area contributed by atoms with Crippen molar-refractivity contribution in [3.8, 4) is 0 Å². The van der Waals surface area contributed by atoms with Crippen molar-refractivity contribution in [2.75, 3.05) is 26.3 Å². The van der Waals surface area contributed by atoms with Crippen molar-refractivity contribution in [1.29, 1.82) is 0 Å². The second kappa shape index (κ2) is 5.90. The van der Waals surface area contributed by atoms with Crippen LogP contribution in [-0.2, 0) is 9.53 Å². The molecule has 2 saturated heterocycles. The molecule has 108 valence electrons. The van der Waals surface area contributed by atoms with E-state index in [4.69, 9.17) is 14.9 Å². The summed E-state index contributed by atoms with van der Waals surface area (Å²) >= 11 is 0. The van der Waals surface area contributed by atoms with Gasteiger partial charge in [-0.05, 0) is 12.8 Å². The van der Waals surface area contributed by atoms with Crippen LogP contribution in [0.1, 0.15) is 12.8 Å². The molecule has 19 heavy (non-hydrogen) atoms. The number of ether oxygens (including phenoxy) is 1. The minimum Gasteiger partial charge on any atom is -0.481 e. The molecular formula is C13H21NO5. The molecule has 2 heterocycles. The number of hydrogen-bond acceptors (Lipinski definition) is 5. The summed E-state index contributed by atoms with van der Waals surface area (Å²) in [7, 11) is 0. The molecule has 2 bridgehead atoms. The zero-order valence-corrected chi connectivity index (χ0v) is 10.9. The second-order valence-electron chi connectivity index (χ2n) is 5.11. The van der Waals surface area contributed by atoms with E-state index in [9.17, 15) is 9.90 Å². The van der Waals surface area contributed by atoms with Gasteiger partial charge in [0.15, 0.2) is 0 Å². The third-order valence-corrected chi connectivity index (χ3v) is 4.09. The second-order valence-corrected chi connectivity index (χ2v) is 5.11. The summed E-state index contributed by atoms with van der Waals surface area (Å²) in [6.07, 6.45) is 1.31. The Morgan fingerprint density at radius 2 is 1.68 bits per heavy atom. The van der Waals surface area contributed by atoms with Gasteiger partial charge in [0.1, 0.15) is 0 Å². The first-order chi connectivity index (χ1) is 9.10. The summed E-state index contributed by atoms with van der Waals surface area (Å²) < 4.78 is 5.69. The molecule has 0 saturated carbocycles. The smallest absolute Gasteiger partial charge is 0.309 e. The summed E-state index contributed by atoms with van der Waals surface area (Å²) in [5.74, 6) is -1.67. The van der Waals surface area contributed by atoms with Gasteiger partial charge in [0.25, 0.3) is 0 Å². The average Bonchev–Trinajstić information content (AvgIpc) is 2.97. The number of fused-ring (bicyclic) bond motifs is 2. The summed E-state index contributed by atoms with van der Waals surface area (Å²) in [6, 6.07) is 0. The summed E-state index contributed by atoms with van der Waals surface area (Å²) in [6.45, 7) is 4.57. The molecule has 6 nitrogen and oxygen atoms in total. The van der Waals surface area contributed by atoms with E-state index in [0.29, 0.717) is 18.8 Å². The molecule has 0 spiro atoms. The number of aliphatic carboxylic acids is 1. The normalized spacial score (nSPS) is 32.5. The fourth-order valence-electron chi connectivity index (χ4n) is 3.27. The van der Waals surface area contributed by atoms with E-state index in [1.807, 2.05) is 0 Å². The lowest BCUT2D eigenvalue weighted by Crippen LogP contribution is -2.41. The van der Waals surface area contributed by atoms with Crippen molar-refractivity contribution >= 4 is 5.97 Å². The predicted molar refractivity (Wildman–Crippen MR) is 67.4 cm³/mol. The van der Waals surface area contributed by atoms with Crippen LogP contribution >= 0.6 is 0 Å². The maximum atomic E-state index is 11.4. The van der Waals surface area contributed by atoms with Gasteiger partial charge in [0, 0.05) is 24.7 Å². The van der Waals surface area contributed by atoms with Crippen molar-refractivity contribution < 1.29 is 24.9 Å². The van der Waals surface area contributed by atoms with Crippen LogP contribution in [0.15, 0.2) is 12.3 Å². The highest BCUT2D eigenvalue weighted by molar-refractivity contribution is 5.72. The van der Waals surface area contributed by atoms with Crippen LogP contribution in [0.2, 0.25) is 0 Å². The van der Waals surface area contributed by atoms with Gasteiger partial charge in [-0.3, -0.25) is 4.79 Å². The number of nitrogens with zero attached hydrogens (tertiary/aromatic N) is 1. The first-order valence-electron chi connectivity index (χ1n) is 6.64. The molecule has 0 aromatic heterocycles. The summed E-state index contributed by atoms with van der Waals surface area (Å²) in [5.41, 5.74) is 0.655. The van der Waals surface area contributed by atoms with Gasteiger partial charge in [-0.15, -0.1) is 0 Å². The zero-order chi connectivity index (χ0) is 14.0. The van der Waals surface area contributed by atoms with E-state index in [2.05, 4.69) is 6.58 Å². The number of carboxylic acid groups (broad SMARTS) is 1. The van der Waals surface area contributed by atoms with Crippen molar-refractivity contribution in [1.82, 2.24) is 4.90 Å². The monoisotopic (exact) mass is 271 g/mol. The van der Waals surface area contributed by atoms with E-state index >= 15 is 0 Å². The maximum absolute atomic E-state index is 11.4. The Labute approximate surface area is 112 Å². The molecule has 3 N–H and O–H groups in total. The molecule has 3 unspecified atom stereocenters. The molecule has 0 radical (unpaired) electrons. The molecule has 6 heteroatoms. The standard InChI is InChI=1S/C13H21NO5/c1-8(14(4-6-15)5-7-16)11-9-2-3-10(19-9)12(11)13(17)18/h9-12,15-16H,1-7H2,(H,17,18)/t9?,10-,11?,12?/m0/s1. The lowest BCUT2D eigenvalue weighted by molar-refractivity contribution is -0.144. The van der Waals surface area contributed by atoms with Crippen molar-refractivity contribution in [3.63, 3.8) is 0 Å². The molecule has 0 aromatic rings. The molecule has 2 aliphatic rings. The highest BCUT2D eigenvalue weighted by Gasteiger charge is 2.54. The number of hydrogen-bond donors (Lipinski definition) is 3. The Morgan fingerprint density at radius 1 is 1.16 bits per heavy atom. The number of carbonyl (C=O) groups is 1. The average molecular weight is 271 g/mol. The first kappa shape index (κ1) is 14.3. The largest absolute Gasteiger partial charge is 0.481 e. The van der Waals surface area contributed by atoms with Gasteiger partial charge in [-0.1, -0.05) is 6.58 Å². The molecule has 0 aromatic carbocycles. The quantitative estimate of drug-likeness (QED) is 0.587. The zero-order valence-electron chi connectivity index (χ0n) is 10.9. The van der Waals surface area contributed by atoms with E-state index in [1.54, 1.807) is 4.90 Å². The fourth-order valence-corrected chi connectivity index (χ4v) is 3.27. The van der Waals surface area contributed by atoms with Crippen LogP contribution in [0.4, 0.5) is 0 Å². The van der Waals surface area contributed by atoms with E-state index in [1.165, 1.54) is 0 Å². The van der Waals surface area contributed by atoms with Crippen LogP contribution in [-0.4, -0.2) is 64.7 Å². The maximum Gasteiger partial charge on any atom is 0.309 e.